The summed E-state index contributed by atoms with van der Waals surface area (Å²) in [6.45, 7) is 0. The topological polar surface area (TPSA) is 29.5 Å². The molecule has 3 nitrogen and oxygen atoms in total. The molecule has 0 fully saturated rings. The van der Waals surface area contributed by atoms with Gasteiger partial charge in [-0.2, -0.15) is 0 Å². The SMILES string of the molecule is c1ccc(-c2ccc(-c3cccc4c3ccc3ccccc34)cc2N(c2ccc(-c3ccc4oc5ccccc5c4c3)cc2)c2ccc(-c3cccc4c3oc3ccccc34)cc2)cc1. The van der Waals surface area contributed by atoms with Crippen molar-refractivity contribution in [1.82, 2.24) is 0 Å². The summed E-state index contributed by atoms with van der Waals surface area (Å²) in [5.41, 5.74) is 15.8. The Kier molecular flexibility index (Phi) is 8.53. The molecule has 304 valence electrons. The third kappa shape index (κ3) is 6.20. The Bertz CT molecular complexity index is 3930. The van der Waals surface area contributed by atoms with Gasteiger partial charge in [0, 0.05) is 44.0 Å². The summed E-state index contributed by atoms with van der Waals surface area (Å²) in [5.74, 6) is 0. The molecule has 11 aromatic carbocycles. The van der Waals surface area contributed by atoms with Crippen molar-refractivity contribution >= 4 is 82.5 Å². The highest BCUT2D eigenvalue weighted by Gasteiger charge is 2.21. The fourth-order valence-corrected chi connectivity index (χ4v) is 9.94. The quantitative estimate of drug-likeness (QED) is 0.150. The van der Waals surface area contributed by atoms with Crippen molar-refractivity contribution in [3.8, 4) is 44.5 Å². The van der Waals surface area contributed by atoms with Crippen LogP contribution in [0.25, 0.3) is 110 Å². The van der Waals surface area contributed by atoms with E-state index < -0.39 is 0 Å². The smallest absolute Gasteiger partial charge is 0.143 e. The highest BCUT2D eigenvalue weighted by molar-refractivity contribution is 6.13. The molecule has 0 saturated heterocycles. The Labute approximate surface area is 375 Å². The van der Waals surface area contributed by atoms with E-state index in [9.17, 15) is 0 Å². The Balaban J connectivity index is 0.992. The second-order valence-corrected chi connectivity index (χ2v) is 16.8. The second kappa shape index (κ2) is 15.0. The number of hydrogen-bond donors (Lipinski definition) is 0. The molecule has 13 aromatic rings. The van der Waals surface area contributed by atoms with Crippen LogP contribution in [0.2, 0.25) is 0 Å². The van der Waals surface area contributed by atoms with Crippen molar-refractivity contribution in [1.29, 1.82) is 0 Å². The average molecular weight is 830 g/mol. The largest absolute Gasteiger partial charge is 0.456 e. The maximum absolute atomic E-state index is 6.50. The van der Waals surface area contributed by atoms with Gasteiger partial charge >= 0.3 is 0 Å². The van der Waals surface area contributed by atoms with Gasteiger partial charge < -0.3 is 13.7 Å². The second-order valence-electron chi connectivity index (χ2n) is 16.8. The van der Waals surface area contributed by atoms with E-state index in [1.807, 2.05) is 24.3 Å². The normalized spacial score (nSPS) is 11.7. The van der Waals surface area contributed by atoms with E-state index in [4.69, 9.17) is 8.83 Å². The van der Waals surface area contributed by atoms with Crippen molar-refractivity contribution in [2.24, 2.45) is 0 Å². The zero-order chi connectivity index (χ0) is 42.8. The molecule has 0 saturated carbocycles. The summed E-state index contributed by atoms with van der Waals surface area (Å²) < 4.78 is 12.7. The van der Waals surface area contributed by atoms with E-state index in [1.54, 1.807) is 0 Å². The molecule has 0 atom stereocenters. The Morgan fingerprint density at radius 1 is 0.262 bits per heavy atom. The molecule has 0 bridgehead atoms. The fraction of sp³-hybridized carbons (Fsp3) is 0. The third-order valence-electron chi connectivity index (χ3n) is 13.1. The van der Waals surface area contributed by atoms with Crippen molar-refractivity contribution in [2.75, 3.05) is 4.90 Å². The van der Waals surface area contributed by atoms with Gasteiger partial charge in [0.1, 0.15) is 22.3 Å². The molecule has 0 aliphatic rings. The highest BCUT2D eigenvalue weighted by atomic mass is 16.3. The monoisotopic (exact) mass is 829 g/mol. The van der Waals surface area contributed by atoms with Gasteiger partial charge in [-0.1, -0.05) is 182 Å². The lowest BCUT2D eigenvalue weighted by Crippen LogP contribution is -2.11. The number of para-hydroxylation sites is 3. The lowest BCUT2D eigenvalue weighted by Gasteiger charge is -2.29. The minimum Gasteiger partial charge on any atom is -0.456 e. The first-order chi connectivity index (χ1) is 32.2. The third-order valence-corrected chi connectivity index (χ3v) is 13.1. The molecule has 13 rings (SSSR count). The molecule has 0 aliphatic carbocycles. The maximum atomic E-state index is 6.50. The molecule has 2 aromatic heterocycles. The van der Waals surface area contributed by atoms with Gasteiger partial charge in [0.2, 0.25) is 0 Å². The van der Waals surface area contributed by atoms with Crippen LogP contribution in [0.5, 0.6) is 0 Å². The van der Waals surface area contributed by atoms with E-state index in [1.165, 1.54) is 27.1 Å². The number of rotatable bonds is 7. The van der Waals surface area contributed by atoms with Crippen LogP contribution in [0.4, 0.5) is 17.1 Å². The molecule has 0 unspecified atom stereocenters. The summed E-state index contributed by atoms with van der Waals surface area (Å²) in [7, 11) is 0. The lowest BCUT2D eigenvalue weighted by atomic mass is 9.92. The first kappa shape index (κ1) is 36.9. The predicted octanol–water partition coefficient (Wildman–Crippen LogP) is 17.9. The molecule has 3 heteroatoms. The minimum absolute atomic E-state index is 0.894. The van der Waals surface area contributed by atoms with Gasteiger partial charge in [0.05, 0.1) is 5.69 Å². The van der Waals surface area contributed by atoms with Crippen LogP contribution in [-0.2, 0) is 0 Å². The van der Waals surface area contributed by atoms with Crippen LogP contribution in [0.1, 0.15) is 0 Å². The molecule has 0 radical (unpaired) electrons. The maximum Gasteiger partial charge on any atom is 0.143 e. The number of benzene rings is 11. The molecular weight excluding hydrogens is 791 g/mol. The number of nitrogens with zero attached hydrogens (tertiary/aromatic N) is 1. The summed E-state index contributed by atoms with van der Waals surface area (Å²) in [4.78, 5) is 2.41. The van der Waals surface area contributed by atoms with E-state index in [0.29, 0.717) is 0 Å². The first-order valence-electron chi connectivity index (χ1n) is 22.1. The van der Waals surface area contributed by atoms with Crippen molar-refractivity contribution in [3.63, 3.8) is 0 Å². The number of fused-ring (bicyclic) bond motifs is 9. The molecule has 0 spiro atoms. The molecule has 0 amide bonds. The van der Waals surface area contributed by atoms with E-state index in [-0.39, 0.29) is 0 Å². The number of furan rings is 2. The van der Waals surface area contributed by atoms with Crippen LogP contribution < -0.4 is 4.90 Å². The van der Waals surface area contributed by atoms with Gasteiger partial charge in [-0.15, -0.1) is 0 Å². The number of hydrogen-bond acceptors (Lipinski definition) is 3. The zero-order valence-electron chi connectivity index (χ0n) is 35.3. The molecule has 0 N–H and O–H groups in total. The highest BCUT2D eigenvalue weighted by Crippen LogP contribution is 2.46. The van der Waals surface area contributed by atoms with E-state index in [0.717, 1.165) is 99.9 Å². The van der Waals surface area contributed by atoms with Crippen molar-refractivity contribution in [2.45, 2.75) is 0 Å². The Hall–Kier alpha value is -8.66. The van der Waals surface area contributed by atoms with E-state index in [2.05, 4.69) is 217 Å². The van der Waals surface area contributed by atoms with Crippen LogP contribution >= 0.6 is 0 Å². The van der Waals surface area contributed by atoms with Crippen molar-refractivity contribution in [3.05, 3.63) is 237 Å². The van der Waals surface area contributed by atoms with Gasteiger partial charge in [-0.05, 0) is 110 Å². The lowest BCUT2D eigenvalue weighted by molar-refractivity contribution is 0.669. The molecule has 65 heavy (non-hydrogen) atoms. The molecular formula is C62H39NO2. The average Bonchev–Trinajstić information content (AvgIpc) is 3.95. The van der Waals surface area contributed by atoms with Crippen LogP contribution in [-0.4, -0.2) is 0 Å². The number of anilines is 3. The minimum atomic E-state index is 0.894. The zero-order valence-corrected chi connectivity index (χ0v) is 35.3. The summed E-state index contributed by atoms with van der Waals surface area (Å²) in [6, 6.07) is 84.9. The van der Waals surface area contributed by atoms with Crippen LogP contribution in [0.3, 0.4) is 0 Å². The van der Waals surface area contributed by atoms with Gasteiger partial charge in [-0.3, -0.25) is 0 Å². The van der Waals surface area contributed by atoms with Gasteiger partial charge in [-0.25, -0.2) is 0 Å². The molecule has 2 heterocycles. The van der Waals surface area contributed by atoms with Gasteiger partial charge in [0.25, 0.3) is 0 Å². The predicted molar refractivity (Wildman–Crippen MR) is 272 cm³/mol. The Morgan fingerprint density at radius 3 is 1.62 bits per heavy atom. The Morgan fingerprint density at radius 2 is 0.831 bits per heavy atom. The van der Waals surface area contributed by atoms with E-state index >= 15 is 0 Å². The summed E-state index contributed by atoms with van der Waals surface area (Å²) >= 11 is 0. The fourth-order valence-electron chi connectivity index (χ4n) is 9.94. The summed E-state index contributed by atoms with van der Waals surface area (Å²) in [5, 5.41) is 9.47. The summed E-state index contributed by atoms with van der Waals surface area (Å²) in [6.07, 6.45) is 0. The van der Waals surface area contributed by atoms with Crippen molar-refractivity contribution < 1.29 is 8.83 Å². The standard InChI is InChI=1S/C62H39NO2/c1-2-12-41(13-3-1)50-35-29-45(49-18-10-20-52-48-15-5-4-14-42(48)28-36-53(49)52)39-58(50)63(46-31-24-40(25-32-46)44-30-37-61-57(38-44)55-17-7-8-22-59(55)64-61)47-33-26-43(27-34-47)51-19-11-21-56-54-16-6-9-23-60(54)65-62(51)56/h1-39H. The van der Waals surface area contributed by atoms with Gasteiger partial charge in [0.15, 0.2) is 0 Å². The van der Waals surface area contributed by atoms with Crippen LogP contribution in [0.15, 0.2) is 245 Å². The first-order valence-corrected chi connectivity index (χ1v) is 22.1. The van der Waals surface area contributed by atoms with Crippen LogP contribution in [0, 0.1) is 0 Å². The molecule has 0 aliphatic heterocycles.